The Kier molecular flexibility index (Phi) is 0.951. The van der Waals surface area contributed by atoms with Crippen molar-refractivity contribution in [2.75, 3.05) is 25.6 Å². The van der Waals surface area contributed by atoms with Crippen LogP contribution in [-0.2, 0) is 4.74 Å². The van der Waals surface area contributed by atoms with E-state index in [1.807, 2.05) is 19.0 Å². The molecule has 0 bridgehead atoms. The minimum atomic E-state index is 0.143. The van der Waals surface area contributed by atoms with E-state index in [0.29, 0.717) is 0 Å². The molecule has 0 saturated carbocycles. The average Bonchev–Trinajstić information content (AvgIpc) is 2.57. The van der Waals surface area contributed by atoms with Gasteiger partial charge in [-0.25, -0.2) is 0 Å². The zero-order chi connectivity index (χ0) is 7.30. The first-order valence-corrected chi connectivity index (χ1v) is 3.29. The Morgan fingerprint density at radius 1 is 1.60 bits per heavy atom. The first-order valence-electron chi connectivity index (χ1n) is 3.29. The van der Waals surface area contributed by atoms with Crippen LogP contribution in [0.4, 0.5) is 5.69 Å². The fourth-order valence-corrected chi connectivity index (χ4v) is 1.13. The van der Waals surface area contributed by atoms with Crippen molar-refractivity contribution in [1.29, 1.82) is 0 Å². The van der Waals surface area contributed by atoms with Gasteiger partial charge in [0.05, 0.1) is 17.9 Å². The second kappa shape index (κ2) is 1.61. The van der Waals surface area contributed by atoms with Crippen molar-refractivity contribution in [2.45, 2.75) is 6.10 Å². The number of anilines is 1. The van der Waals surface area contributed by atoms with Crippen molar-refractivity contribution in [3.63, 3.8) is 0 Å². The molecule has 0 aliphatic carbocycles. The van der Waals surface area contributed by atoms with Gasteiger partial charge in [0.1, 0.15) is 6.10 Å². The van der Waals surface area contributed by atoms with Crippen LogP contribution in [0.15, 0.2) is 4.79 Å². The van der Waals surface area contributed by atoms with Crippen LogP contribution in [0.25, 0.3) is 0 Å². The molecule has 3 heteroatoms. The summed E-state index contributed by atoms with van der Waals surface area (Å²) in [7, 11) is 3.76. The second-order valence-electron chi connectivity index (χ2n) is 2.81. The lowest BCUT2D eigenvalue weighted by molar-refractivity contribution is 0.418. The number of ether oxygens (including phenoxy) is 1. The summed E-state index contributed by atoms with van der Waals surface area (Å²) in [6, 6.07) is 0. The second-order valence-corrected chi connectivity index (χ2v) is 2.81. The summed E-state index contributed by atoms with van der Waals surface area (Å²) >= 11 is 0. The number of nitrogens with zero attached hydrogens (tertiary/aromatic N) is 1. The first kappa shape index (κ1) is 5.92. The van der Waals surface area contributed by atoms with E-state index in [1.165, 1.54) is 0 Å². The van der Waals surface area contributed by atoms with E-state index in [0.717, 1.165) is 17.9 Å². The molecule has 1 atom stereocenters. The summed E-state index contributed by atoms with van der Waals surface area (Å²) < 4.78 is 4.98. The average molecular weight is 139 g/mol. The Labute approximate surface area is 58.9 Å². The number of epoxide rings is 1. The molecule has 10 heavy (non-hydrogen) atoms. The molecule has 1 aliphatic rings. The molecule has 1 saturated heterocycles. The van der Waals surface area contributed by atoms with Crippen molar-refractivity contribution in [3.05, 3.63) is 15.8 Å². The summed E-state index contributed by atoms with van der Waals surface area (Å²) in [6.45, 7) is 0.735. The van der Waals surface area contributed by atoms with Crippen molar-refractivity contribution < 1.29 is 4.74 Å². The lowest BCUT2D eigenvalue weighted by atomic mass is 10.4. The van der Waals surface area contributed by atoms with Crippen LogP contribution in [0.2, 0.25) is 0 Å². The van der Waals surface area contributed by atoms with Crippen molar-refractivity contribution in [3.8, 4) is 0 Å². The maximum Gasteiger partial charge on any atom is 0.210 e. The summed E-state index contributed by atoms with van der Waals surface area (Å²) in [5.74, 6) is 0. The highest BCUT2D eigenvalue weighted by Gasteiger charge is 2.39. The fraction of sp³-hybridized carbons (Fsp3) is 0.571. The molecule has 2 rings (SSSR count). The van der Waals surface area contributed by atoms with Crippen LogP contribution in [0, 0.1) is 0 Å². The Hall–Kier alpha value is -0.830. The summed E-state index contributed by atoms with van der Waals surface area (Å²) in [5, 5.41) is 0. The Bertz CT molecular complexity index is 249. The largest absolute Gasteiger partial charge is 0.374 e. The Morgan fingerprint density at radius 3 is 2.50 bits per heavy atom. The van der Waals surface area contributed by atoms with E-state index in [4.69, 9.17) is 4.74 Å². The molecule has 0 aromatic heterocycles. The van der Waals surface area contributed by atoms with Gasteiger partial charge in [-0.05, 0) is 0 Å². The number of hydrogen-bond donors (Lipinski definition) is 0. The highest BCUT2D eigenvalue weighted by Crippen LogP contribution is 2.37. The third kappa shape index (κ3) is 0.671. The summed E-state index contributed by atoms with van der Waals surface area (Å²) in [5.41, 5.74) is 1.93. The minimum Gasteiger partial charge on any atom is -0.374 e. The molecular formula is C7H9NO2. The minimum absolute atomic E-state index is 0.143. The molecule has 0 amide bonds. The molecular weight excluding hydrogens is 130 g/mol. The van der Waals surface area contributed by atoms with E-state index < -0.39 is 0 Å². The number of hydrogen-bond acceptors (Lipinski definition) is 3. The molecule has 1 fully saturated rings. The molecule has 1 heterocycles. The van der Waals surface area contributed by atoms with Gasteiger partial charge in [-0.2, -0.15) is 0 Å². The maximum atomic E-state index is 10.9. The van der Waals surface area contributed by atoms with Crippen LogP contribution in [0.1, 0.15) is 11.7 Å². The molecule has 0 N–H and O–H groups in total. The zero-order valence-electron chi connectivity index (χ0n) is 6.05. The molecule has 0 spiro atoms. The summed E-state index contributed by atoms with van der Waals surface area (Å²) in [6.07, 6.45) is 0.143. The topological polar surface area (TPSA) is 32.8 Å². The van der Waals surface area contributed by atoms with Gasteiger partial charge in [-0.15, -0.1) is 0 Å². The zero-order valence-corrected chi connectivity index (χ0v) is 6.05. The Morgan fingerprint density at radius 2 is 2.20 bits per heavy atom. The maximum absolute atomic E-state index is 10.9. The first-order chi connectivity index (χ1) is 4.72. The van der Waals surface area contributed by atoms with Gasteiger partial charge >= 0.3 is 0 Å². The van der Waals surface area contributed by atoms with Crippen molar-refractivity contribution in [1.82, 2.24) is 0 Å². The fourth-order valence-electron chi connectivity index (χ4n) is 1.13. The molecule has 1 unspecified atom stereocenters. The molecule has 1 aromatic rings. The van der Waals surface area contributed by atoms with Crippen LogP contribution >= 0.6 is 0 Å². The molecule has 54 valence electrons. The quantitative estimate of drug-likeness (QED) is 0.543. The van der Waals surface area contributed by atoms with Gasteiger partial charge < -0.3 is 9.64 Å². The predicted molar refractivity (Wildman–Crippen MR) is 38.1 cm³/mol. The van der Waals surface area contributed by atoms with Crippen LogP contribution in [0.5, 0.6) is 0 Å². The van der Waals surface area contributed by atoms with Crippen molar-refractivity contribution >= 4 is 5.69 Å². The smallest absolute Gasteiger partial charge is 0.210 e. The van der Waals surface area contributed by atoms with Crippen LogP contribution in [-0.4, -0.2) is 20.7 Å². The Balaban J connectivity index is 2.20. The van der Waals surface area contributed by atoms with Gasteiger partial charge in [0.25, 0.3) is 0 Å². The molecule has 0 radical (unpaired) electrons. The monoisotopic (exact) mass is 139 g/mol. The summed E-state index contributed by atoms with van der Waals surface area (Å²) in [4.78, 5) is 12.8. The van der Waals surface area contributed by atoms with Gasteiger partial charge in [0, 0.05) is 14.1 Å². The highest BCUT2D eigenvalue weighted by atomic mass is 16.6. The van der Waals surface area contributed by atoms with E-state index in [9.17, 15) is 4.79 Å². The normalized spacial score (nSPS) is 23.6. The molecule has 1 aromatic carbocycles. The van der Waals surface area contributed by atoms with Crippen LogP contribution in [0.3, 0.4) is 0 Å². The predicted octanol–water partition coefficient (Wildman–Crippen LogP) is 0.0597. The van der Waals surface area contributed by atoms with E-state index in [2.05, 4.69) is 0 Å². The lowest BCUT2D eigenvalue weighted by Gasteiger charge is -2.01. The van der Waals surface area contributed by atoms with Gasteiger partial charge in [0.15, 0.2) is 0 Å². The van der Waals surface area contributed by atoms with Gasteiger partial charge in [-0.1, -0.05) is 0 Å². The number of rotatable bonds is 2. The van der Waals surface area contributed by atoms with Crippen LogP contribution < -0.4 is 10.3 Å². The third-order valence-electron chi connectivity index (χ3n) is 1.75. The van der Waals surface area contributed by atoms with E-state index in [-0.39, 0.29) is 11.5 Å². The van der Waals surface area contributed by atoms with Crippen molar-refractivity contribution in [2.24, 2.45) is 0 Å². The lowest BCUT2D eigenvalue weighted by Crippen LogP contribution is -2.06. The molecule has 1 aliphatic heterocycles. The SMILES string of the molecule is CN(C)c1c(C2CO2)c1=O. The molecule has 3 nitrogen and oxygen atoms in total. The van der Waals surface area contributed by atoms with E-state index in [1.54, 1.807) is 0 Å². The highest BCUT2D eigenvalue weighted by molar-refractivity contribution is 5.67. The third-order valence-corrected chi connectivity index (χ3v) is 1.75. The van der Waals surface area contributed by atoms with E-state index >= 15 is 0 Å². The standard InChI is InChI=1S/C7H9NO2/c1-8(2)6-5(7(6)9)4-3-10-4/h4H,3H2,1-2H3. The van der Waals surface area contributed by atoms with Gasteiger partial charge in [0.2, 0.25) is 5.43 Å². The van der Waals surface area contributed by atoms with Gasteiger partial charge in [-0.3, -0.25) is 4.79 Å².